The van der Waals surface area contributed by atoms with Crippen LogP contribution in [0.25, 0.3) is 11.4 Å². The topological polar surface area (TPSA) is 29.9 Å². The molecule has 0 saturated heterocycles. The molecule has 1 N–H and O–H groups in total. The van der Waals surface area contributed by atoms with Gasteiger partial charge in [-0.3, -0.25) is 0 Å². The Morgan fingerprint density at radius 2 is 2.00 bits per heavy atom. The van der Waals surface area contributed by atoms with Crippen LogP contribution in [-0.2, 0) is 13.6 Å². The van der Waals surface area contributed by atoms with Gasteiger partial charge in [-0.1, -0.05) is 39.7 Å². The number of benzene rings is 1. The van der Waals surface area contributed by atoms with Gasteiger partial charge in [0.2, 0.25) is 0 Å². The lowest BCUT2D eigenvalue weighted by atomic mass is 10.2. The molecule has 0 aliphatic heterocycles. The zero-order valence-electron chi connectivity index (χ0n) is 9.67. The van der Waals surface area contributed by atoms with Crippen LogP contribution >= 0.6 is 27.5 Å². The van der Waals surface area contributed by atoms with Crippen LogP contribution in [-0.4, -0.2) is 16.6 Å². The predicted octanol–water partition coefficient (Wildman–Crippen LogP) is 3.22. The Bertz CT molecular complexity index is 519. The van der Waals surface area contributed by atoms with Crippen molar-refractivity contribution in [2.24, 2.45) is 7.05 Å². The van der Waals surface area contributed by atoms with Gasteiger partial charge in [0.25, 0.3) is 0 Å². The molecule has 17 heavy (non-hydrogen) atoms. The summed E-state index contributed by atoms with van der Waals surface area (Å²) in [5.41, 5.74) is 2.05. The molecule has 1 aromatic carbocycles. The molecule has 0 aliphatic rings. The van der Waals surface area contributed by atoms with E-state index in [1.54, 1.807) is 0 Å². The average molecular weight is 315 g/mol. The van der Waals surface area contributed by atoms with E-state index in [-0.39, 0.29) is 0 Å². The number of nitrogens with zero attached hydrogens (tertiary/aromatic N) is 2. The summed E-state index contributed by atoms with van der Waals surface area (Å²) in [5.74, 6) is 0.882. The van der Waals surface area contributed by atoms with Gasteiger partial charge < -0.3 is 9.88 Å². The summed E-state index contributed by atoms with van der Waals surface area (Å²) in [6.45, 7) is 0.707. The van der Waals surface area contributed by atoms with Crippen molar-refractivity contribution in [3.05, 3.63) is 39.6 Å². The highest BCUT2D eigenvalue weighted by atomic mass is 79.9. The van der Waals surface area contributed by atoms with Crippen LogP contribution in [0, 0.1) is 0 Å². The Morgan fingerprint density at radius 3 is 2.59 bits per heavy atom. The molecule has 0 radical (unpaired) electrons. The van der Waals surface area contributed by atoms with Crippen molar-refractivity contribution < 1.29 is 0 Å². The highest BCUT2D eigenvalue weighted by molar-refractivity contribution is 9.10. The molecular weight excluding hydrogens is 302 g/mol. The van der Waals surface area contributed by atoms with Crippen molar-refractivity contribution in [2.75, 3.05) is 7.05 Å². The number of imidazole rings is 1. The predicted molar refractivity (Wildman–Crippen MR) is 74.1 cm³/mol. The summed E-state index contributed by atoms with van der Waals surface area (Å²) in [6, 6.07) is 8.03. The maximum absolute atomic E-state index is 6.13. The first-order chi connectivity index (χ1) is 8.13. The molecule has 90 valence electrons. The van der Waals surface area contributed by atoms with Gasteiger partial charge in [0.15, 0.2) is 5.15 Å². The van der Waals surface area contributed by atoms with E-state index in [0.717, 1.165) is 21.6 Å². The fourth-order valence-electron chi connectivity index (χ4n) is 1.71. The smallest absolute Gasteiger partial charge is 0.152 e. The minimum atomic E-state index is 0.555. The zero-order valence-corrected chi connectivity index (χ0v) is 12.0. The highest BCUT2D eigenvalue weighted by Gasteiger charge is 2.13. The van der Waals surface area contributed by atoms with Crippen molar-refractivity contribution >= 4 is 27.5 Å². The molecular formula is C12H13BrClN3. The second-order valence-electron chi connectivity index (χ2n) is 3.77. The van der Waals surface area contributed by atoms with Crippen LogP contribution in [0.4, 0.5) is 0 Å². The van der Waals surface area contributed by atoms with E-state index in [2.05, 4.69) is 26.2 Å². The summed E-state index contributed by atoms with van der Waals surface area (Å²) < 4.78 is 3.07. The second-order valence-corrected chi connectivity index (χ2v) is 5.04. The van der Waals surface area contributed by atoms with Gasteiger partial charge in [-0.05, 0) is 19.2 Å². The lowest BCUT2D eigenvalue weighted by molar-refractivity contribution is 0.738. The fourth-order valence-corrected chi connectivity index (χ4v) is 2.25. The third-order valence-corrected chi connectivity index (χ3v) is 3.44. The normalized spacial score (nSPS) is 10.8. The van der Waals surface area contributed by atoms with Gasteiger partial charge in [0, 0.05) is 23.6 Å². The number of hydrogen-bond donors (Lipinski definition) is 1. The molecule has 0 saturated carbocycles. The molecule has 3 nitrogen and oxygen atoms in total. The Kier molecular flexibility index (Phi) is 3.86. The van der Waals surface area contributed by atoms with Crippen molar-refractivity contribution in [2.45, 2.75) is 6.54 Å². The quantitative estimate of drug-likeness (QED) is 0.942. The number of hydrogen-bond acceptors (Lipinski definition) is 2. The largest absolute Gasteiger partial charge is 0.329 e. The molecule has 5 heteroatoms. The Morgan fingerprint density at radius 1 is 1.35 bits per heavy atom. The third-order valence-electron chi connectivity index (χ3n) is 2.61. The van der Waals surface area contributed by atoms with Gasteiger partial charge in [-0.15, -0.1) is 0 Å². The summed E-state index contributed by atoms with van der Waals surface area (Å²) in [4.78, 5) is 4.40. The minimum Gasteiger partial charge on any atom is -0.329 e. The Labute approximate surface area is 114 Å². The summed E-state index contributed by atoms with van der Waals surface area (Å²) in [6.07, 6.45) is 0. The molecule has 2 rings (SSSR count). The van der Waals surface area contributed by atoms with E-state index in [1.807, 2.05) is 42.9 Å². The molecule has 0 unspecified atom stereocenters. The first-order valence-corrected chi connectivity index (χ1v) is 6.42. The van der Waals surface area contributed by atoms with Crippen LogP contribution in [0.2, 0.25) is 5.15 Å². The summed E-state index contributed by atoms with van der Waals surface area (Å²) in [7, 11) is 3.87. The number of halogens is 2. The van der Waals surface area contributed by atoms with Gasteiger partial charge in [0.05, 0.1) is 5.69 Å². The average Bonchev–Trinajstić information content (AvgIpc) is 2.59. The molecule has 0 bridgehead atoms. The second kappa shape index (κ2) is 5.21. The van der Waals surface area contributed by atoms with Gasteiger partial charge in [-0.2, -0.15) is 0 Å². The van der Waals surface area contributed by atoms with E-state index in [9.17, 15) is 0 Å². The maximum Gasteiger partial charge on any atom is 0.152 e. The molecule has 0 amide bonds. The third kappa shape index (κ3) is 2.54. The number of rotatable bonds is 3. The van der Waals surface area contributed by atoms with Crippen molar-refractivity contribution in [1.29, 1.82) is 0 Å². The first kappa shape index (κ1) is 12.6. The van der Waals surface area contributed by atoms with Gasteiger partial charge in [0.1, 0.15) is 5.82 Å². The van der Waals surface area contributed by atoms with Crippen molar-refractivity contribution in [3.63, 3.8) is 0 Å². The lowest BCUT2D eigenvalue weighted by Crippen LogP contribution is -2.09. The minimum absolute atomic E-state index is 0.555. The molecule has 0 spiro atoms. The van der Waals surface area contributed by atoms with Crippen LogP contribution < -0.4 is 5.32 Å². The van der Waals surface area contributed by atoms with Crippen LogP contribution in [0.5, 0.6) is 0 Å². The Hall–Kier alpha value is -0.840. The lowest BCUT2D eigenvalue weighted by Gasteiger charge is -2.05. The van der Waals surface area contributed by atoms with E-state index in [1.165, 1.54) is 0 Å². The molecule has 2 aromatic rings. The van der Waals surface area contributed by atoms with E-state index in [0.29, 0.717) is 11.7 Å². The maximum atomic E-state index is 6.13. The van der Waals surface area contributed by atoms with Crippen LogP contribution in [0.15, 0.2) is 28.7 Å². The molecule has 0 atom stereocenters. The molecule has 1 heterocycles. The van der Waals surface area contributed by atoms with Gasteiger partial charge >= 0.3 is 0 Å². The van der Waals surface area contributed by atoms with Crippen LogP contribution in [0.1, 0.15) is 5.69 Å². The van der Waals surface area contributed by atoms with Crippen molar-refractivity contribution in [1.82, 2.24) is 14.9 Å². The standard InChI is InChI=1S/C12H13BrClN3/c1-15-7-10-11(14)16-12(17(10)2)8-3-5-9(13)6-4-8/h3-6,15H,7H2,1-2H3. The highest BCUT2D eigenvalue weighted by Crippen LogP contribution is 2.25. The summed E-state index contributed by atoms with van der Waals surface area (Å²) in [5, 5.41) is 3.64. The van der Waals surface area contributed by atoms with Crippen molar-refractivity contribution in [3.8, 4) is 11.4 Å². The number of nitrogens with one attached hydrogen (secondary N) is 1. The fraction of sp³-hybridized carbons (Fsp3) is 0.250. The van der Waals surface area contributed by atoms with Crippen LogP contribution in [0.3, 0.4) is 0 Å². The zero-order chi connectivity index (χ0) is 12.4. The summed E-state index contributed by atoms with van der Waals surface area (Å²) >= 11 is 9.55. The van der Waals surface area contributed by atoms with E-state index < -0.39 is 0 Å². The monoisotopic (exact) mass is 313 g/mol. The van der Waals surface area contributed by atoms with E-state index in [4.69, 9.17) is 11.6 Å². The first-order valence-electron chi connectivity index (χ1n) is 5.25. The Balaban J connectivity index is 2.46. The number of aromatic nitrogens is 2. The molecule has 0 aliphatic carbocycles. The molecule has 0 fully saturated rings. The molecule has 1 aromatic heterocycles. The van der Waals surface area contributed by atoms with E-state index >= 15 is 0 Å². The SMILES string of the molecule is CNCc1c(Cl)nc(-c2ccc(Br)cc2)n1C. The van der Waals surface area contributed by atoms with Gasteiger partial charge in [-0.25, -0.2) is 4.98 Å².